The van der Waals surface area contributed by atoms with E-state index in [1.807, 2.05) is 0 Å². The number of hydrogen-bond donors (Lipinski definition) is 0. The minimum Gasteiger partial charge on any atom is -0.285 e. The van der Waals surface area contributed by atoms with Crippen LogP contribution in [-0.2, 0) is 0 Å². The van der Waals surface area contributed by atoms with Crippen LogP contribution in [0.15, 0.2) is 0 Å². The van der Waals surface area contributed by atoms with Crippen LogP contribution >= 0.6 is 0 Å². The molecule has 40 valence electrons. The van der Waals surface area contributed by atoms with E-state index in [0.717, 1.165) is 36.3 Å². The molecule has 4 bridgehead atoms. The minimum atomic E-state index is 1.09. The third kappa shape index (κ3) is 0.0899. The van der Waals surface area contributed by atoms with Crippen LogP contribution in [0, 0.1) is 0 Å². The number of nitrogens with zero attached hydrogens (tertiary/aromatic N) is 2. The normalized spacial score (nSPS) is 108. The molecule has 0 spiro atoms. The lowest BCUT2D eigenvalue weighted by atomic mass is 9.91. The van der Waals surface area contributed by atoms with Crippen molar-refractivity contribution in [2.75, 3.05) is 0 Å². The summed E-state index contributed by atoms with van der Waals surface area (Å²) in [5, 5.41) is 0. The van der Waals surface area contributed by atoms with E-state index in [4.69, 9.17) is 0 Å². The topological polar surface area (TPSA) is 6.02 Å². The monoisotopic (exact) mass is 106 g/mol. The highest BCUT2D eigenvalue weighted by Gasteiger charge is 2.97. The summed E-state index contributed by atoms with van der Waals surface area (Å²) < 4.78 is 0. The zero-order valence-corrected chi connectivity index (χ0v) is 4.36. The van der Waals surface area contributed by atoms with Crippen molar-refractivity contribution < 1.29 is 0 Å². The van der Waals surface area contributed by atoms with Gasteiger partial charge in [0.05, 0.1) is 0 Å². The highest BCUT2D eigenvalue weighted by molar-refractivity contribution is 5.55. The van der Waals surface area contributed by atoms with Gasteiger partial charge in [-0.15, -0.1) is 0 Å². The van der Waals surface area contributed by atoms with Gasteiger partial charge in [-0.25, -0.2) is 0 Å². The van der Waals surface area contributed by atoms with Gasteiger partial charge in [-0.2, -0.15) is 0 Å². The van der Waals surface area contributed by atoms with Crippen LogP contribution in [0.3, 0.4) is 0 Å². The van der Waals surface area contributed by atoms with Crippen LogP contribution in [0.4, 0.5) is 0 Å². The van der Waals surface area contributed by atoms with Crippen molar-refractivity contribution in [2.24, 2.45) is 0 Å². The molecule has 0 amide bonds. The van der Waals surface area contributed by atoms with Crippen LogP contribution in [0.2, 0.25) is 0 Å². The molecule has 6 aliphatic heterocycles. The van der Waals surface area contributed by atoms with Crippen molar-refractivity contribution in [3.8, 4) is 0 Å². The summed E-state index contributed by atoms with van der Waals surface area (Å²) in [7, 11) is 0. The van der Waals surface area contributed by atoms with Crippen molar-refractivity contribution in [2.45, 2.75) is 36.3 Å². The number of piperidine rings is 2. The maximum Gasteiger partial charge on any atom is 0.0447 e. The molecule has 6 saturated heterocycles. The molecule has 0 radical (unpaired) electrons. The Kier molecular flexibility index (Phi) is 0.141. The number of hydrogen-bond acceptors (Lipinski definition) is 2. The molecular weight excluding hydrogens is 100 g/mol. The van der Waals surface area contributed by atoms with Gasteiger partial charge in [-0.05, 0) is 0 Å². The largest absolute Gasteiger partial charge is 0.285 e. The molecule has 0 unspecified atom stereocenters. The molecule has 1 aliphatic carbocycles. The Bertz CT molecular complexity index is 163. The summed E-state index contributed by atoms with van der Waals surface area (Å²) in [6.07, 6.45) is 0. The highest BCUT2D eigenvalue weighted by atomic mass is 15.7. The number of rotatable bonds is 0. The average molecular weight is 106 g/mol. The molecule has 2 heteroatoms. The van der Waals surface area contributed by atoms with E-state index in [0.29, 0.717) is 0 Å². The molecule has 0 aromatic carbocycles. The van der Waals surface area contributed by atoms with Crippen LogP contribution in [0.5, 0.6) is 0 Å². The molecule has 7 fully saturated rings. The zero-order valence-electron chi connectivity index (χ0n) is 4.36. The molecule has 2 nitrogen and oxygen atoms in total. The highest BCUT2D eigenvalue weighted by Crippen LogP contribution is 2.77. The Morgan fingerprint density at radius 2 is 0.750 bits per heavy atom. The molecule has 0 aromatic rings. The van der Waals surface area contributed by atoms with Crippen molar-refractivity contribution in [1.29, 1.82) is 0 Å². The fourth-order valence-corrected chi connectivity index (χ4v) is 3.26. The molecule has 7 aliphatic rings. The molecular formula is C6H6N2. The SMILES string of the molecule is C12[C@H]3[C@H]4C5[C@@H]([C@@H]1N23)N54. The fourth-order valence-electron chi connectivity index (χ4n) is 3.26. The van der Waals surface area contributed by atoms with Crippen molar-refractivity contribution >= 4 is 0 Å². The molecule has 0 atom stereocenters. The van der Waals surface area contributed by atoms with Gasteiger partial charge in [-0.1, -0.05) is 0 Å². The summed E-state index contributed by atoms with van der Waals surface area (Å²) in [4.78, 5) is 5.38. The van der Waals surface area contributed by atoms with Gasteiger partial charge >= 0.3 is 0 Å². The second-order valence-electron chi connectivity index (χ2n) is 3.84. The first-order chi connectivity index (χ1) is 4.00. The Morgan fingerprint density at radius 3 is 1.00 bits per heavy atom. The van der Waals surface area contributed by atoms with E-state index in [2.05, 4.69) is 9.80 Å². The van der Waals surface area contributed by atoms with E-state index in [1.165, 1.54) is 0 Å². The zero-order chi connectivity index (χ0) is 4.62. The van der Waals surface area contributed by atoms with Gasteiger partial charge in [0.15, 0.2) is 0 Å². The maximum atomic E-state index is 2.69. The summed E-state index contributed by atoms with van der Waals surface area (Å²) in [6, 6.07) is 6.62. The van der Waals surface area contributed by atoms with Crippen LogP contribution in [0.1, 0.15) is 0 Å². The van der Waals surface area contributed by atoms with E-state index in [9.17, 15) is 0 Å². The predicted molar refractivity (Wildman–Crippen MR) is 26.4 cm³/mol. The van der Waals surface area contributed by atoms with E-state index >= 15 is 0 Å². The van der Waals surface area contributed by atoms with Crippen molar-refractivity contribution in [3.05, 3.63) is 0 Å². The van der Waals surface area contributed by atoms with E-state index in [1.54, 1.807) is 0 Å². The summed E-state index contributed by atoms with van der Waals surface area (Å²) in [6.45, 7) is 0. The second kappa shape index (κ2) is 0.424. The van der Waals surface area contributed by atoms with Gasteiger partial charge in [0.1, 0.15) is 0 Å². The standard InChI is InChI=1S/C6H6N2/c1-2-6-4(8(2)6)3-5(1)7(1)3/h1-6H/t1-,2+,3+,4-,5?,6?,7?,8?. The van der Waals surface area contributed by atoms with Crippen LogP contribution in [0.25, 0.3) is 0 Å². The first kappa shape index (κ1) is 2.67. The van der Waals surface area contributed by atoms with Crippen LogP contribution < -0.4 is 0 Å². The lowest BCUT2D eigenvalue weighted by Crippen LogP contribution is -2.46. The number of piperazine rings is 1. The summed E-state index contributed by atoms with van der Waals surface area (Å²) in [5.74, 6) is 0. The van der Waals surface area contributed by atoms with Gasteiger partial charge < -0.3 is 0 Å². The summed E-state index contributed by atoms with van der Waals surface area (Å²) >= 11 is 0. The third-order valence-electron chi connectivity index (χ3n) is 3.81. The Morgan fingerprint density at radius 1 is 0.500 bits per heavy atom. The maximum absolute atomic E-state index is 2.69. The quantitative estimate of drug-likeness (QED) is 0.360. The first-order valence-corrected chi connectivity index (χ1v) is 3.55. The van der Waals surface area contributed by atoms with E-state index < -0.39 is 0 Å². The second-order valence-corrected chi connectivity index (χ2v) is 3.84. The van der Waals surface area contributed by atoms with Gasteiger partial charge in [-0.3, -0.25) is 9.80 Å². The minimum absolute atomic E-state index is 1.09. The summed E-state index contributed by atoms with van der Waals surface area (Å²) in [5.41, 5.74) is 0. The lowest BCUT2D eigenvalue weighted by molar-refractivity contribution is 0.297. The first-order valence-electron chi connectivity index (χ1n) is 3.55. The average Bonchev–Trinajstić information content (AvgIpc) is 2.56. The smallest absolute Gasteiger partial charge is 0.0447 e. The van der Waals surface area contributed by atoms with E-state index in [-0.39, 0.29) is 0 Å². The molecule has 0 N–H and O–H groups in total. The van der Waals surface area contributed by atoms with Crippen LogP contribution in [-0.4, -0.2) is 46.1 Å². The Labute approximate surface area is 47.1 Å². The Balaban J connectivity index is 1.92. The van der Waals surface area contributed by atoms with Gasteiger partial charge in [0, 0.05) is 36.3 Å². The molecule has 0 aromatic heterocycles. The fraction of sp³-hybridized carbons (Fsp3) is 1.00. The molecule has 7 rings (SSSR count). The predicted octanol–water partition coefficient (Wildman–Crippen LogP) is -1.13. The third-order valence-corrected chi connectivity index (χ3v) is 3.81. The Hall–Kier alpha value is -0.0800. The molecule has 6 heterocycles. The lowest BCUT2D eigenvalue weighted by Gasteiger charge is -2.24. The van der Waals surface area contributed by atoms with Crippen molar-refractivity contribution in [1.82, 2.24) is 9.80 Å². The van der Waals surface area contributed by atoms with Crippen molar-refractivity contribution in [3.63, 3.8) is 0 Å². The molecule has 1 saturated carbocycles. The van der Waals surface area contributed by atoms with Gasteiger partial charge in [0.2, 0.25) is 0 Å². The van der Waals surface area contributed by atoms with Gasteiger partial charge in [0.25, 0.3) is 0 Å². The molecule has 8 heavy (non-hydrogen) atoms.